The minimum atomic E-state index is -2.95. The van der Waals surface area contributed by atoms with Gasteiger partial charge >= 0.3 is 11.9 Å². The van der Waals surface area contributed by atoms with E-state index in [1.165, 1.54) is 14.2 Å². The third kappa shape index (κ3) is 2.16. The summed E-state index contributed by atoms with van der Waals surface area (Å²) >= 11 is 6.32. The van der Waals surface area contributed by atoms with Crippen molar-refractivity contribution < 1.29 is 23.6 Å². The monoisotopic (exact) mass is 347 g/mol. The van der Waals surface area contributed by atoms with Crippen molar-refractivity contribution in [3.63, 3.8) is 0 Å². The minimum absolute atomic E-state index is 0.0875. The molecule has 0 aromatic rings. The summed E-state index contributed by atoms with van der Waals surface area (Å²) < 4.78 is 24.6. The molecule has 1 aliphatic carbocycles. The summed E-state index contributed by atoms with van der Waals surface area (Å²) in [6, 6.07) is 0. The van der Waals surface area contributed by atoms with Crippen LogP contribution in [-0.2, 0) is 23.6 Å². The summed E-state index contributed by atoms with van der Waals surface area (Å²) in [5.74, 6) is -1.33. The van der Waals surface area contributed by atoms with Gasteiger partial charge in [-0.05, 0) is 21.0 Å². The summed E-state index contributed by atoms with van der Waals surface area (Å²) in [5.41, 5.74) is -1.55. The SMILES string of the molecule is COC(=O)C1=C(C(=O)OC)[C@@]2(C)CP(=O)(N(C)C)[C@H]1C=C2Cl. The predicted molar refractivity (Wildman–Crippen MR) is 83.0 cm³/mol. The van der Waals surface area contributed by atoms with Gasteiger partial charge in [-0.25, -0.2) is 9.59 Å². The second-order valence-corrected chi connectivity index (χ2v) is 9.42. The highest BCUT2D eigenvalue weighted by Gasteiger charge is 2.59. The quantitative estimate of drug-likeness (QED) is 0.574. The molecule has 2 bridgehead atoms. The van der Waals surface area contributed by atoms with Crippen molar-refractivity contribution in [2.75, 3.05) is 34.5 Å². The molecular formula is C14H19ClNO5P. The number of ether oxygens (including phenoxy) is 2. The van der Waals surface area contributed by atoms with Crippen LogP contribution in [0.4, 0.5) is 0 Å². The normalized spacial score (nSPS) is 33.8. The van der Waals surface area contributed by atoms with Gasteiger partial charge < -0.3 is 14.0 Å². The van der Waals surface area contributed by atoms with Crippen molar-refractivity contribution in [2.45, 2.75) is 12.6 Å². The zero-order valence-corrected chi connectivity index (χ0v) is 14.8. The van der Waals surface area contributed by atoms with Crippen molar-refractivity contribution in [3.8, 4) is 0 Å². The van der Waals surface area contributed by atoms with Crippen LogP contribution in [0.5, 0.6) is 0 Å². The topological polar surface area (TPSA) is 72.9 Å². The molecule has 0 N–H and O–H groups in total. The lowest BCUT2D eigenvalue weighted by Crippen LogP contribution is -2.46. The summed E-state index contributed by atoms with van der Waals surface area (Å²) in [7, 11) is 2.89. The molecule has 8 heteroatoms. The molecule has 0 aromatic carbocycles. The first kappa shape index (κ1) is 17.3. The van der Waals surface area contributed by atoms with Crippen LogP contribution in [0, 0.1) is 5.41 Å². The molecule has 22 heavy (non-hydrogen) atoms. The number of carbonyl (C=O) groups is 2. The lowest BCUT2D eigenvalue weighted by Gasteiger charge is -2.49. The molecule has 0 spiro atoms. The van der Waals surface area contributed by atoms with Crippen molar-refractivity contribution >= 4 is 30.8 Å². The van der Waals surface area contributed by atoms with E-state index in [9.17, 15) is 14.2 Å². The van der Waals surface area contributed by atoms with Gasteiger partial charge in [0.25, 0.3) is 0 Å². The van der Waals surface area contributed by atoms with Crippen LogP contribution in [-0.4, -0.2) is 56.7 Å². The first-order valence-electron chi connectivity index (χ1n) is 6.69. The third-order valence-electron chi connectivity index (χ3n) is 4.40. The lowest BCUT2D eigenvalue weighted by atomic mass is 9.75. The van der Waals surface area contributed by atoms with Crippen molar-refractivity contribution in [1.82, 2.24) is 4.67 Å². The van der Waals surface area contributed by atoms with Gasteiger partial charge in [0, 0.05) is 16.6 Å². The zero-order chi connectivity index (χ0) is 16.9. The Morgan fingerprint density at radius 1 is 1.32 bits per heavy atom. The van der Waals surface area contributed by atoms with Gasteiger partial charge in [0.05, 0.1) is 31.0 Å². The molecule has 0 aromatic heterocycles. The number of nitrogens with zero attached hydrogens (tertiary/aromatic N) is 1. The Morgan fingerprint density at radius 2 is 1.86 bits per heavy atom. The second-order valence-electron chi connectivity index (χ2n) is 5.82. The van der Waals surface area contributed by atoms with Crippen LogP contribution >= 0.6 is 18.9 Å². The van der Waals surface area contributed by atoms with E-state index in [0.29, 0.717) is 5.03 Å². The predicted octanol–water partition coefficient (Wildman–Crippen LogP) is 1.99. The Balaban J connectivity index is 2.80. The average molecular weight is 348 g/mol. The number of hydrogen-bond donors (Lipinski definition) is 0. The smallest absolute Gasteiger partial charge is 0.335 e. The molecule has 6 nitrogen and oxygen atoms in total. The number of hydrogen-bond acceptors (Lipinski definition) is 5. The Labute approximate surface area is 134 Å². The highest BCUT2D eigenvalue weighted by atomic mass is 35.5. The van der Waals surface area contributed by atoms with E-state index in [1.54, 1.807) is 31.8 Å². The van der Waals surface area contributed by atoms with E-state index in [0.717, 1.165) is 0 Å². The van der Waals surface area contributed by atoms with Gasteiger partial charge in [-0.1, -0.05) is 17.7 Å². The fourth-order valence-electron chi connectivity index (χ4n) is 3.15. The summed E-state index contributed by atoms with van der Waals surface area (Å²) in [6.07, 6.45) is 1.78. The van der Waals surface area contributed by atoms with Crippen LogP contribution in [0.1, 0.15) is 6.92 Å². The molecule has 0 saturated carbocycles. The van der Waals surface area contributed by atoms with Crippen LogP contribution in [0.15, 0.2) is 22.3 Å². The minimum Gasteiger partial charge on any atom is -0.466 e. The number of esters is 2. The third-order valence-corrected chi connectivity index (χ3v) is 8.66. The molecule has 3 rings (SSSR count). The average Bonchev–Trinajstić information content (AvgIpc) is 2.46. The van der Waals surface area contributed by atoms with Crippen LogP contribution in [0.25, 0.3) is 0 Å². The Kier molecular flexibility index (Phi) is 4.33. The van der Waals surface area contributed by atoms with E-state index in [-0.39, 0.29) is 17.3 Å². The van der Waals surface area contributed by atoms with Crippen molar-refractivity contribution in [3.05, 3.63) is 22.3 Å². The fraction of sp³-hybridized carbons (Fsp3) is 0.571. The number of methoxy groups -OCH3 is 2. The number of halogens is 1. The van der Waals surface area contributed by atoms with Gasteiger partial charge in [-0.15, -0.1) is 0 Å². The molecule has 3 aliphatic rings. The first-order chi connectivity index (χ1) is 10.1. The Hall–Kier alpha value is -1.10. The molecule has 0 saturated heterocycles. The first-order valence-corrected chi connectivity index (χ1v) is 8.98. The van der Waals surface area contributed by atoms with Crippen molar-refractivity contribution in [2.24, 2.45) is 5.41 Å². The second kappa shape index (κ2) is 5.52. The van der Waals surface area contributed by atoms with Gasteiger partial charge in [0.15, 0.2) is 7.29 Å². The Morgan fingerprint density at radius 3 is 2.32 bits per heavy atom. The highest BCUT2D eigenvalue weighted by Crippen LogP contribution is 2.69. The maximum atomic E-state index is 13.4. The fourth-order valence-corrected chi connectivity index (χ4v) is 6.85. The number of allylic oxidation sites excluding steroid dienone is 2. The highest BCUT2D eigenvalue weighted by molar-refractivity contribution is 7.63. The lowest BCUT2D eigenvalue weighted by molar-refractivity contribution is -0.140. The van der Waals surface area contributed by atoms with Gasteiger partial charge in [-0.2, -0.15) is 0 Å². The maximum absolute atomic E-state index is 13.4. The molecule has 0 fully saturated rings. The largest absolute Gasteiger partial charge is 0.466 e. The number of fused-ring (bicyclic) bond motifs is 1. The molecule has 2 aliphatic heterocycles. The van der Waals surface area contributed by atoms with Gasteiger partial charge in [0.1, 0.15) is 0 Å². The molecule has 122 valence electrons. The maximum Gasteiger partial charge on any atom is 0.335 e. The zero-order valence-electron chi connectivity index (χ0n) is 13.2. The molecule has 3 atom stereocenters. The summed E-state index contributed by atoms with van der Waals surface area (Å²) in [6.45, 7) is 1.70. The van der Waals surface area contributed by atoms with E-state index >= 15 is 0 Å². The number of carbonyl (C=O) groups excluding carboxylic acids is 2. The Bertz CT molecular complexity index is 654. The van der Waals surface area contributed by atoms with Crippen LogP contribution in [0.3, 0.4) is 0 Å². The van der Waals surface area contributed by atoms with E-state index in [1.807, 2.05) is 0 Å². The molecular weight excluding hydrogens is 329 g/mol. The van der Waals surface area contributed by atoms with Crippen LogP contribution < -0.4 is 0 Å². The van der Waals surface area contributed by atoms with E-state index in [2.05, 4.69) is 0 Å². The standard InChI is InChI=1S/C14H19ClNO5P/c1-14-7-22(19,16(2)3)8(6-9(14)15)10(12(17)20-4)11(14)13(18)21-5/h6,8H,7H2,1-5H3/t8-,14-,22?/m0/s1. The molecule has 0 radical (unpaired) electrons. The van der Waals surface area contributed by atoms with Gasteiger partial charge in [-0.3, -0.25) is 4.67 Å². The number of rotatable bonds is 3. The van der Waals surface area contributed by atoms with Gasteiger partial charge in [0.2, 0.25) is 0 Å². The summed E-state index contributed by atoms with van der Waals surface area (Å²) in [5, 5.41) is 0.402. The summed E-state index contributed by atoms with van der Waals surface area (Å²) in [4.78, 5) is 24.5. The van der Waals surface area contributed by atoms with Crippen LogP contribution in [0.2, 0.25) is 0 Å². The van der Waals surface area contributed by atoms with E-state index in [4.69, 9.17) is 21.1 Å². The van der Waals surface area contributed by atoms with E-state index < -0.39 is 30.3 Å². The molecule has 0 amide bonds. The molecule has 1 unspecified atom stereocenters. The van der Waals surface area contributed by atoms with Crippen molar-refractivity contribution in [1.29, 1.82) is 0 Å². The molecule has 2 heterocycles.